The van der Waals surface area contributed by atoms with E-state index in [1.54, 1.807) is 42.6 Å². The molecule has 0 saturated carbocycles. The molecular formula is C19H14ClNO3S. The van der Waals surface area contributed by atoms with Crippen LogP contribution in [-0.4, -0.2) is 23.8 Å². The monoisotopic (exact) mass is 371 g/mol. The van der Waals surface area contributed by atoms with Crippen LogP contribution < -0.4 is 0 Å². The van der Waals surface area contributed by atoms with E-state index in [-0.39, 0.29) is 18.2 Å². The van der Waals surface area contributed by atoms with Crippen molar-refractivity contribution in [3.05, 3.63) is 75.9 Å². The number of hydrogen-bond donors (Lipinski definition) is 0. The number of nitrogens with zero attached hydrogens (tertiary/aromatic N) is 1. The Balaban J connectivity index is 2.03. The van der Waals surface area contributed by atoms with Gasteiger partial charge < -0.3 is 4.74 Å². The predicted molar refractivity (Wildman–Crippen MR) is 98.2 cm³/mol. The molecule has 3 aromatic rings. The van der Waals surface area contributed by atoms with Gasteiger partial charge in [-0.2, -0.15) is 0 Å². The van der Waals surface area contributed by atoms with Crippen molar-refractivity contribution in [2.24, 2.45) is 0 Å². The summed E-state index contributed by atoms with van der Waals surface area (Å²) in [6, 6.07) is 14.2. The lowest BCUT2D eigenvalue weighted by Crippen LogP contribution is -2.05. The molecule has 0 radical (unpaired) electrons. The zero-order valence-electron chi connectivity index (χ0n) is 13.4. The lowest BCUT2D eigenvalue weighted by molar-refractivity contribution is -0.139. The number of esters is 1. The summed E-state index contributed by atoms with van der Waals surface area (Å²) in [7, 11) is 1.34. The Morgan fingerprint density at radius 1 is 1.16 bits per heavy atom. The molecular weight excluding hydrogens is 358 g/mol. The molecule has 1 aromatic carbocycles. The van der Waals surface area contributed by atoms with E-state index in [0.29, 0.717) is 15.6 Å². The van der Waals surface area contributed by atoms with E-state index in [0.717, 1.165) is 16.0 Å². The molecule has 25 heavy (non-hydrogen) atoms. The molecule has 2 aromatic heterocycles. The fraction of sp³-hybridized carbons (Fsp3) is 0.105. The molecule has 0 spiro atoms. The molecule has 126 valence electrons. The molecule has 0 aliphatic carbocycles. The number of ketones is 1. The van der Waals surface area contributed by atoms with Gasteiger partial charge >= 0.3 is 5.97 Å². The highest BCUT2D eigenvalue weighted by Gasteiger charge is 2.19. The van der Waals surface area contributed by atoms with E-state index < -0.39 is 0 Å². The van der Waals surface area contributed by atoms with Crippen LogP contribution in [0.5, 0.6) is 0 Å². The summed E-state index contributed by atoms with van der Waals surface area (Å²) in [5, 5.41) is 0.625. The fourth-order valence-electron chi connectivity index (χ4n) is 2.37. The van der Waals surface area contributed by atoms with Crippen LogP contribution in [0.25, 0.3) is 10.4 Å². The molecule has 6 heteroatoms. The lowest BCUT2D eigenvalue weighted by Gasteiger charge is -2.03. The van der Waals surface area contributed by atoms with Crippen molar-refractivity contribution < 1.29 is 14.3 Å². The van der Waals surface area contributed by atoms with Crippen LogP contribution in [0.1, 0.15) is 20.9 Å². The smallest absolute Gasteiger partial charge is 0.310 e. The first-order valence-electron chi connectivity index (χ1n) is 7.49. The van der Waals surface area contributed by atoms with Crippen molar-refractivity contribution in [1.82, 2.24) is 4.98 Å². The third-order valence-corrected chi connectivity index (χ3v) is 5.08. The first kappa shape index (κ1) is 17.3. The van der Waals surface area contributed by atoms with Crippen molar-refractivity contribution in [1.29, 1.82) is 0 Å². The minimum atomic E-state index is -0.357. The molecule has 0 aliphatic heterocycles. The molecule has 0 atom stereocenters. The quantitative estimate of drug-likeness (QED) is 0.492. The SMILES string of the molecule is COC(=O)Cc1cc(C(=O)c2ccccn2)sc1-c1ccc(Cl)cc1. The summed E-state index contributed by atoms with van der Waals surface area (Å²) in [5.74, 6) is -0.526. The molecule has 0 fully saturated rings. The van der Waals surface area contributed by atoms with Gasteiger partial charge in [0.25, 0.3) is 0 Å². The number of methoxy groups -OCH3 is 1. The highest BCUT2D eigenvalue weighted by molar-refractivity contribution is 7.17. The van der Waals surface area contributed by atoms with Gasteiger partial charge in [0.2, 0.25) is 5.78 Å². The Hall–Kier alpha value is -2.50. The number of carbonyl (C=O) groups is 2. The Kier molecular flexibility index (Phi) is 5.26. The maximum atomic E-state index is 12.7. The average Bonchev–Trinajstić information content (AvgIpc) is 3.06. The number of aromatic nitrogens is 1. The van der Waals surface area contributed by atoms with E-state index in [4.69, 9.17) is 16.3 Å². The summed E-state index contributed by atoms with van der Waals surface area (Å²) in [4.78, 5) is 29.9. The Morgan fingerprint density at radius 3 is 2.56 bits per heavy atom. The van der Waals surface area contributed by atoms with E-state index >= 15 is 0 Å². The van der Waals surface area contributed by atoms with Crippen molar-refractivity contribution in [2.75, 3.05) is 7.11 Å². The summed E-state index contributed by atoms with van der Waals surface area (Å²) in [6.45, 7) is 0. The highest BCUT2D eigenvalue weighted by atomic mass is 35.5. The van der Waals surface area contributed by atoms with E-state index in [2.05, 4.69) is 4.98 Å². The van der Waals surface area contributed by atoms with Crippen LogP contribution in [0, 0.1) is 0 Å². The predicted octanol–water partition coefficient (Wildman–Crippen LogP) is 4.41. The summed E-state index contributed by atoms with van der Waals surface area (Å²) >= 11 is 7.28. The third kappa shape index (κ3) is 3.95. The maximum absolute atomic E-state index is 12.7. The van der Waals surface area contributed by atoms with Gasteiger partial charge in [-0.25, -0.2) is 0 Å². The number of halogens is 1. The molecule has 0 saturated heterocycles. The molecule has 4 nitrogen and oxygen atoms in total. The Bertz CT molecular complexity index is 904. The topological polar surface area (TPSA) is 56.3 Å². The van der Waals surface area contributed by atoms with Crippen LogP contribution in [0.2, 0.25) is 5.02 Å². The zero-order chi connectivity index (χ0) is 17.8. The summed E-state index contributed by atoms with van der Waals surface area (Å²) < 4.78 is 4.77. The Labute approximate surface area is 154 Å². The molecule has 0 N–H and O–H groups in total. The molecule has 0 bridgehead atoms. The lowest BCUT2D eigenvalue weighted by atomic mass is 10.1. The van der Waals surface area contributed by atoms with Crippen molar-refractivity contribution in [3.63, 3.8) is 0 Å². The van der Waals surface area contributed by atoms with Crippen LogP contribution >= 0.6 is 22.9 Å². The molecule has 0 aliphatic rings. The van der Waals surface area contributed by atoms with Gasteiger partial charge in [0, 0.05) is 16.1 Å². The summed E-state index contributed by atoms with van der Waals surface area (Å²) in [5.41, 5.74) is 2.02. The molecule has 0 unspecified atom stereocenters. The number of benzene rings is 1. The summed E-state index contributed by atoms with van der Waals surface area (Å²) in [6.07, 6.45) is 1.68. The second-order valence-corrected chi connectivity index (χ2v) is 6.76. The molecule has 0 amide bonds. The van der Waals surface area contributed by atoms with Gasteiger partial charge in [0.1, 0.15) is 5.69 Å². The van der Waals surface area contributed by atoms with Crippen LogP contribution in [0.15, 0.2) is 54.7 Å². The standard InChI is InChI=1S/C19H14ClNO3S/c1-24-17(22)11-13-10-16(18(23)15-4-2-3-9-21-15)25-19(13)12-5-7-14(20)8-6-12/h2-10H,11H2,1H3. The van der Waals surface area contributed by atoms with Crippen LogP contribution in [-0.2, 0) is 16.0 Å². The minimum Gasteiger partial charge on any atom is -0.469 e. The van der Waals surface area contributed by atoms with Crippen molar-refractivity contribution in [3.8, 4) is 10.4 Å². The zero-order valence-corrected chi connectivity index (χ0v) is 14.9. The van der Waals surface area contributed by atoms with Gasteiger partial charge in [0.15, 0.2) is 0 Å². The number of thiophene rings is 1. The third-order valence-electron chi connectivity index (χ3n) is 3.60. The van der Waals surface area contributed by atoms with Crippen LogP contribution in [0.3, 0.4) is 0 Å². The second-order valence-electron chi connectivity index (χ2n) is 5.27. The largest absolute Gasteiger partial charge is 0.469 e. The number of carbonyl (C=O) groups excluding carboxylic acids is 2. The van der Waals surface area contributed by atoms with Crippen LogP contribution in [0.4, 0.5) is 0 Å². The van der Waals surface area contributed by atoms with E-state index in [1.807, 2.05) is 12.1 Å². The Morgan fingerprint density at radius 2 is 1.92 bits per heavy atom. The van der Waals surface area contributed by atoms with Gasteiger partial charge in [-0.05, 0) is 41.5 Å². The number of rotatable bonds is 5. The van der Waals surface area contributed by atoms with Crippen molar-refractivity contribution in [2.45, 2.75) is 6.42 Å². The van der Waals surface area contributed by atoms with Gasteiger partial charge in [0.05, 0.1) is 18.4 Å². The number of pyridine rings is 1. The second kappa shape index (κ2) is 7.59. The molecule has 2 heterocycles. The first-order chi connectivity index (χ1) is 12.1. The number of hydrogen-bond acceptors (Lipinski definition) is 5. The normalized spacial score (nSPS) is 10.5. The van der Waals surface area contributed by atoms with Gasteiger partial charge in [-0.15, -0.1) is 11.3 Å². The highest BCUT2D eigenvalue weighted by Crippen LogP contribution is 2.35. The van der Waals surface area contributed by atoms with E-state index in [1.165, 1.54) is 18.4 Å². The minimum absolute atomic E-state index is 0.0977. The van der Waals surface area contributed by atoms with Gasteiger partial charge in [-0.3, -0.25) is 14.6 Å². The maximum Gasteiger partial charge on any atom is 0.310 e. The first-order valence-corrected chi connectivity index (χ1v) is 8.69. The number of ether oxygens (including phenoxy) is 1. The average molecular weight is 372 g/mol. The fourth-order valence-corrected chi connectivity index (χ4v) is 3.63. The molecule has 3 rings (SSSR count). The van der Waals surface area contributed by atoms with Crippen molar-refractivity contribution >= 4 is 34.7 Å². The van der Waals surface area contributed by atoms with E-state index in [9.17, 15) is 9.59 Å². The van der Waals surface area contributed by atoms with Gasteiger partial charge in [-0.1, -0.05) is 29.8 Å².